The Morgan fingerprint density at radius 2 is 1.76 bits per heavy atom. The molecular weight excluding hydrogens is 419 g/mol. The van der Waals surface area contributed by atoms with Crippen molar-refractivity contribution < 1.29 is 13.9 Å². The predicted octanol–water partition coefficient (Wildman–Crippen LogP) is 4.85. The SMILES string of the molecule is CC(C)OC(=O)c1cccnc1N1CCN(Cc2ccc(Nc3ccccc3F)cc2)CC1. The molecule has 2 aromatic carbocycles. The first kappa shape index (κ1) is 22.7. The number of anilines is 3. The lowest BCUT2D eigenvalue weighted by Crippen LogP contribution is -2.46. The van der Waals surface area contributed by atoms with Crippen LogP contribution in [0.2, 0.25) is 0 Å². The summed E-state index contributed by atoms with van der Waals surface area (Å²) in [5, 5.41) is 3.11. The second-order valence-electron chi connectivity index (χ2n) is 8.39. The van der Waals surface area contributed by atoms with E-state index in [0.29, 0.717) is 17.1 Å². The van der Waals surface area contributed by atoms with Crippen molar-refractivity contribution in [1.29, 1.82) is 0 Å². The third-order valence-electron chi connectivity index (χ3n) is 5.53. The molecular formula is C26H29FN4O2. The topological polar surface area (TPSA) is 57.7 Å². The van der Waals surface area contributed by atoms with Crippen molar-refractivity contribution in [2.75, 3.05) is 36.4 Å². The molecule has 3 aromatic rings. The molecule has 0 bridgehead atoms. The van der Waals surface area contributed by atoms with Crippen molar-refractivity contribution in [3.05, 3.63) is 83.8 Å². The number of piperazine rings is 1. The summed E-state index contributed by atoms with van der Waals surface area (Å²) in [7, 11) is 0. The van der Waals surface area contributed by atoms with Crippen molar-refractivity contribution >= 4 is 23.2 Å². The zero-order chi connectivity index (χ0) is 23.2. The number of hydrogen-bond acceptors (Lipinski definition) is 6. The second kappa shape index (κ2) is 10.4. The quantitative estimate of drug-likeness (QED) is 0.522. The molecule has 33 heavy (non-hydrogen) atoms. The van der Waals surface area contributed by atoms with E-state index in [1.807, 2.05) is 26.0 Å². The average Bonchev–Trinajstić information content (AvgIpc) is 2.82. The number of pyridine rings is 1. The summed E-state index contributed by atoms with van der Waals surface area (Å²) >= 11 is 0. The Labute approximate surface area is 194 Å². The lowest BCUT2D eigenvalue weighted by atomic mass is 10.1. The van der Waals surface area contributed by atoms with Crippen molar-refractivity contribution in [3.8, 4) is 0 Å². The van der Waals surface area contributed by atoms with Crippen molar-refractivity contribution in [3.63, 3.8) is 0 Å². The lowest BCUT2D eigenvalue weighted by molar-refractivity contribution is 0.0378. The number of aromatic nitrogens is 1. The summed E-state index contributed by atoms with van der Waals surface area (Å²) in [6.45, 7) is 7.82. The smallest absolute Gasteiger partial charge is 0.342 e. The number of carbonyl (C=O) groups is 1. The van der Waals surface area contributed by atoms with Gasteiger partial charge in [-0.2, -0.15) is 0 Å². The van der Waals surface area contributed by atoms with Crippen LogP contribution in [-0.4, -0.2) is 48.1 Å². The number of nitrogens with zero attached hydrogens (tertiary/aromatic N) is 3. The summed E-state index contributed by atoms with van der Waals surface area (Å²) in [6, 6.07) is 18.3. The van der Waals surface area contributed by atoms with E-state index in [1.165, 1.54) is 11.6 Å². The second-order valence-corrected chi connectivity index (χ2v) is 8.39. The Morgan fingerprint density at radius 3 is 2.45 bits per heavy atom. The van der Waals surface area contributed by atoms with Crippen molar-refractivity contribution in [2.45, 2.75) is 26.5 Å². The molecule has 1 N–H and O–H groups in total. The Bertz CT molecular complexity index is 1080. The van der Waals surface area contributed by atoms with E-state index >= 15 is 0 Å². The highest BCUT2D eigenvalue weighted by Crippen LogP contribution is 2.23. The van der Waals surface area contributed by atoms with Gasteiger partial charge in [0.15, 0.2) is 0 Å². The predicted molar refractivity (Wildman–Crippen MR) is 128 cm³/mol. The van der Waals surface area contributed by atoms with Crippen molar-refractivity contribution in [2.24, 2.45) is 0 Å². The molecule has 0 aliphatic carbocycles. The van der Waals surface area contributed by atoms with Crippen LogP contribution in [0.25, 0.3) is 0 Å². The number of benzene rings is 2. The monoisotopic (exact) mass is 448 g/mol. The number of esters is 1. The molecule has 4 rings (SSSR count). The van der Waals surface area contributed by atoms with Crippen LogP contribution in [0.4, 0.5) is 21.6 Å². The number of rotatable bonds is 7. The van der Waals surface area contributed by atoms with Gasteiger partial charge in [0.05, 0.1) is 11.8 Å². The van der Waals surface area contributed by atoms with Crippen molar-refractivity contribution in [1.82, 2.24) is 9.88 Å². The van der Waals surface area contributed by atoms with Gasteiger partial charge in [0, 0.05) is 44.6 Å². The first-order valence-electron chi connectivity index (χ1n) is 11.2. The van der Waals surface area contributed by atoms with Gasteiger partial charge in [-0.1, -0.05) is 24.3 Å². The Morgan fingerprint density at radius 1 is 1.03 bits per heavy atom. The van der Waals surface area contributed by atoms with Gasteiger partial charge in [-0.3, -0.25) is 4.90 Å². The molecule has 1 aliphatic heterocycles. The van der Waals surface area contributed by atoms with E-state index in [1.54, 1.807) is 36.5 Å². The summed E-state index contributed by atoms with van der Waals surface area (Å²) in [5.74, 6) is 0.0824. The fourth-order valence-corrected chi connectivity index (χ4v) is 3.87. The molecule has 1 aliphatic rings. The van der Waals surface area contributed by atoms with Gasteiger partial charge in [-0.05, 0) is 55.8 Å². The number of carbonyl (C=O) groups excluding carboxylic acids is 1. The van der Waals surface area contributed by atoms with E-state index in [2.05, 4.69) is 32.2 Å². The maximum Gasteiger partial charge on any atom is 0.342 e. The van der Waals surface area contributed by atoms with Gasteiger partial charge in [0.2, 0.25) is 0 Å². The van der Waals surface area contributed by atoms with E-state index in [9.17, 15) is 9.18 Å². The van der Waals surface area contributed by atoms with Crippen LogP contribution < -0.4 is 10.2 Å². The largest absolute Gasteiger partial charge is 0.459 e. The van der Waals surface area contributed by atoms with Crippen LogP contribution in [0.1, 0.15) is 29.8 Å². The highest BCUT2D eigenvalue weighted by molar-refractivity contribution is 5.94. The minimum atomic E-state index is -0.334. The number of hydrogen-bond donors (Lipinski definition) is 1. The standard InChI is InChI=1S/C26H29FN4O2/c1-19(2)33-26(32)22-6-5-13-28-25(22)31-16-14-30(15-17-31)18-20-9-11-21(12-10-20)29-24-8-4-3-7-23(24)27/h3-13,19,29H,14-18H2,1-2H3. The molecule has 0 spiro atoms. The number of nitrogens with one attached hydrogen (secondary N) is 1. The average molecular weight is 449 g/mol. The number of ether oxygens (including phenoxy) is 1. The summed E-state index contributed by atoms with van der Waals surface area (Å²) in [4.78, 5) is 21.5. The molecule has 0 unspecified atom stereocenters. The maximum absolute atomic E-state index is 13.8. The van der Waals surface area contributed by atoms with Gasteiger partial charge in [0.1, 0.15) is 17.2 Å². The molecule has 6 nitrogen and oxygen atoms in total. The molecule has 0 atom stereocenters. The summed E-state index contributed by atoms with van der Waals surface area (Å²) in [5.41, 5.74) is 3.02. The summed E-state index contributed by atoms with van der Waals surface area (Å²) in [6.07, 6.45) is 1.54. The third kappa shape index (κ3) is 5.87. The van der Waals surface area contributed by atoms with Crippen LogP contribution in [0.5, 0.6) is 0 Å². The van der Waals surface area contributed by atoms with Gasteiger partial charge >= 0.3 is 5.97 Å². The number of halogens is 1. The Kier molecular flexibility index (Phi) is 7.19. The molecule has 7 heteroatoms. The Hall–Kier alpha value is -3.45. The molecule has 0 radical (unpaired) electrons. The molecule has 0 amide bonds. The van der Waals surface area contributed by atoms with Gasteiger partial charge in [-0.15, -0.1) is 0 Å². The van der Waals surface area contributed by atoms with E-state index in [0.717, 1.165) is 38.4 Å². The third-order valence-corrected chi connectivity index (χ3v) is 5.53. The highest BCUT2D eigenvalue weighted by Gasteiger charge is 2.23. The zero-order valence-electron chi connectivity index (χ0n) is 19.0. The highest BCUT2D eigenvalue weighted by atomic mass is 19.1. The molecule has 0 saturated carbocycles. The fraction of sp³-hybridized carbons (Fsp3) is 0.308. The van der Waals surface area contributed by atoms with E-state index in [4.69, 9.17) is 4.74 Å². The van der Waals surface area contributed by atoms with Gasteiger partial charge < -0.3 is 15.0 Å². The van der Waals surface area contributed by atoms with E-state index < -0.39 is 0 Å². The van der Waals surface area contributed by atoms with Crippen LogP contribution >= 0.6 is 0 Å². The minimum absolute atomic E-state index is 0.171. The van der Waals surface area contributed by atoms with Gasteiger partial charge in [0.25, 0.3) is 0 Å². The Balaban J connectivity index is 1.33. The normalized spacial score (nSPS) is 14.4. The molecule has 1 aromatic heterocycles. The first-order valence-corrected chi connectivity index (χ1v) is 11.2. The first-order chi connectivity index (χ1) is 16.0. The van der Waals surface area contributed by atoms with Crippen LogP contribution in [-0.2, 0) is 11.3 Å². The van der Waals surface area contributed by atoms with Crippen LogP contribution in [0.3, 0.4) is 0 Å². The fourth-order valence-electron chi connectivity index (χ4n) is 3.87. The molecule has 1 fully saturated rings. The van der Waals surface area contributed by atoms with E-state index in [-0.39, 0.29) is 17.9 Å². The molecule has 2 heterocycles. The molecule has 1 saturated heterocycles. The zero-order valence-corrected chi connectivity index (χ0v) is 19.0. The van der Waals surface area contributed by atoms with Crippen LogP contribution in [0, 0.1) is 5.82 Å². The lowest BCUT2D eigenvalue weighted by Gasteiger charge is -2.36. The molecule has 172 valence electrons. The summed E-state index contributed by atoms with van der Waals surface area (Å²) < 4.78 is 19.2. The maximum atomic E-state index is 13.8. The van der Waals surface area contributed by atoms with Gasteiger partial charge in [-0.25, -0.2) is 14.2 Å². The minimum Gasteiger partial charge on any atom is -0.459 e. The number of para-hydroxylation sites is 1. The van der Waals surface area contributed by atoms with Crippen LogP contribution in [0.15, 0.2) is 66.9 Å².